The lowest BCUT2D eigenvalue weighted by Gasteiger charge is -2.11. The third-order valence-corrected chi connectivity index (χ3v) is 3.18. The predicted octanol–water partition coefficient (Wildman–Crippen LogP) is 3.43. The number of carbonyl (C=O) groups is 1. The van der Waals surface area contributed by atoms with Crippen LogP contribution in [0.1, 0.15) is 18.4 Å². The molecule has 2 nitrogen and oxygen atoms in total. The van der Waals surface area contributed by atoms with E-state index in [-0.39, 0.29) is 10.6 Å². The maximum Gasteiger partial charge on any atom is 0.310 e. The van der Waals surface area contributed by atoms with Crippen molar-refractivity contribution in [2.24, 2.45) is 0 Å². The van der Waals surface area contributed by atoms with Crippen LogP contribution in [0, 0.1) is 5.82 Å². The van der Waals surface area contributed by atoms with Crippen molar-refractivity contribution in [2.75, 3.05) is 0 Å². The van der Waals surface area contributed by atoms with Gasteiger partial charge in [0.1, 0.15) is 5.82 Å². The Hall–Kier alpha value is -0.610. The van der Waals surface area contributed by atoms with Gasteiger partial charge in [0.2, 0.25) is 0 Å². The third kappa shape index (κ3) is 2.07. The number of carboxylic acids is 1. The molecule has 0 aliphatic rings. The molecule has 1 atom stereocenters. The van der Waals surface area contributed by atoms with E-state index in [2.05, 4.69) is 15.9 Å². The molecule has 5 heteroatoms. The van der Waals surface area contributed by atoms with Crippen LogP contribution in [-0.4, -0.2) is 11.1 Å². The van der Waals surface area contributed by atoms with Crippen molar-refractivity contribution in [2.45, 2.75) is 12.8 Å². The summed E-state index contributed by atoms with van der Waals surface area (Å²) in [4.78, 5) is 10.7. The molecule has 0 spiro atoms. The molecule has 0 aromatic heterocycles. The molecule has 0 amide bonds. The quantitative estimate of drug-likeness (QED) is 0.843. The third-order valence-electron chi connectivity index (χ3n) is 1.88. The Morgan fingerprint density at radius 1 is 1.64 bits per heavy atom. The standard InChI is InChI=1S/C9H7BrClFO2/c1-4(9(13)14)7-6(12)3-2-5(10)8(7)11/h2-4H,1H3,(H,13,14). The molecule has 1 unspecified atom stereocenters. The van der Waals surface area contributed by atoms with Gasteiger partial charge in [0.15, 0.2) is 0 Å². The molecule has 0 bridgehead atoms. The summed E-state index contributed by atoms with van der Waals surface area (Å²) in [5.41, 5.74) is 0.00791. The lowest BCUT2D eigenvalue weighted by molar-refractivity contribution is -0.138. The van der Waals surface area contributed by atoms with Crippen LogP contribution in [0.4, 0.5) is 4.39 Å². The number of hydrogen-bond acceptors (Lipinski definition) is 1. The molecular formula is C9H7BrClFO2. The maximum atomic E-state index is 13.3. The minimum atomic E-state index is -1.11. The molecule has 1 N–H and O–H groups in total. The summed E-state index contributed by atoms with van der Waals surface area (Å²) in [6.07, 6.45) is 0. The van der Waals surface area contributed by atoms with Gasteiger partial charge in [-0.3, -0.25) is 4.79 Å². The first-order valence-corrected chi connectivity index (χ1v) is 4.98. The molecule has 0 fully saturated rings. The molecule has 1 rings (SSSR count). The largest absolute Gasteiger partial charge is 0.481 e. The van der Waals surface area contributed by atoms with Gasteiger partial charge in [-0.05, 0) is 35.0 Å². The van der Waals surface area contributed by atoms with Gasteiger partial charge in [-0.25, -0.2) is 4.39 Å². The second-order valence-corrected chi connectivity index (χ2v) is 4.05. The van der Waals surface area contributed by atoms with E-state index in [0.29, 0.717) is 4.47 Å². The van der Waals surface area contributed by atoms with Crippen molar-refractivity contribution in [3.8, 4) is 0 Å². The summed E-state index contributed by atoms with van der Waals surface area (Å²) in [5.74, 6) is -2.67. The van der Waals surface area contributed by atoms with Crippen molar-refractivity contribution in [3.63, 3.8) is 0 Å². The van der Waals surface area contributed by atoms with Crippen LogP contribution in [0.5, 0.6) is 0 Å². The Labute approximate surface area is 93.8 Å². The van der Waals surface area contributed by atoms with E-state index < -0.39 is 17.7 Å². The number of aliphatic carboxylic acids is 1. The lowest BCUT2D eigenvalue weighted by atomic mass is 10.0. The molecule has 1 aromatic rings. The average molecular weight is 282 g/mol. The van der Waals surface area contributed by atoms with Crippen LogP contribution in [0.2, 0.25) is 5.02 Å². The van der Waals surface area contributed by atoms with Gasteiger partial charge in [-0.1, -0.05) is 11.6 Å². The normalized spacial score (nSPS) is 12.6. The van der Waals surface area contributed by atoms with Gasteiger partial charge in [0, 0.05) is 10.0 Å². The molecule has 0 saturated carbocycles. The van der Waals surface area contributed by atoms with E-state index in [1.54, 1.807) is 0 Å². The molecule has 0 radical (unpaired) electrons. The van der Waals surface area contributed by atoms with Crippen LogP contribution in [0.25, 0.3) is 0 Å². The molecule has 0 aliphatic heterocycles. The Balaban J connectivity index is 3.32. The number of benzene rings is 1. The van der Waals surface area contributed by atoms with Crippen molar-refractivity contribution in [1.82, 2.24) is 0 Å². The highest BCUT2D eigenvalue weighted by Crippen LogP contribution is 2.33. The minimum Gasteiger partial charge on any atom is -0.481 e. The lowest BCUT2D eigenvalue weighted by Crippen LogP contribution is -2.10. The number of rotatable bonds is 2. The van der Waals surface area contributed by atoms with Crippen LogP contribution >= 0.6 is 27.5 Å². The van der Waals surface area contributed by atoms with Gasteiger partial charge < -0.3 is 5.11 Å². The molecule has 0 saturated heterocycles. The van der Waals surface area contributed by atoms with Crippen molar-refractivity contribution in [3.05, 3.63) is 33.0 Å². The van der Waals surface area contributed by atoms with Gasteiger partial charge in [-0.15, -0.1) is 0 Å². The highest BCUT2D eigenvalue weighted by Gasteiger charge is 2.22. The monoisotopic (exact) mass is 280 g/mol. The Morgan fingerprint density at radius 2 is 2.21 bits per heavy atom. The fourth-order valence-corrected chi connectivity index (χ4v) is 1.73. The van der Waals surface area contributed by atoms with Gasteiger partial charge in [0.05, 0.1) is 10.9 Å². The first kappa shape index (κ1) is 11.5. The molecule has 0 heterocycles. The van der Waals surface area contributed by atoms with E-state index in [1.165, 1.54) is 19.1 Å². The summed E-state index contributed by atoms with van der Waals surface area (Å²) >= 11 is 8.89. The van der Waals surface area contributed by atoms with E-state index in [9.17, 15) is 9.18 Å². The molecule has 14 heavy (non-hydrogen) atoms. The topological polar surface area (TPSA) is 37.3 Å². The Morgan fingerprint density at radius 3 is 2.71 bits per heavy atom. The first-order chi connectivity index (χ1) is 6.45. The average Bonchev–Trinajstić information content (AvgIpc) is 2.12. The highest BCUT2D eigenvalue weighted by atomic mass is 79.9. The van der Waals surface area contributed by atoms with Gasteiger partial charge in [0.25, 0.3) is 0 Å². The van der Waals surface area contributed by atoms with Crippen LogP contribution in [-0.2, 0) is 4.79 Å². The number of halogens is 3. The second-order valence-electron chi connectivity index (χ2n) is 2.82. The number of hydrogen-bond donors (Lipinski definition) is 1. The van der Waals surface area contributed by atoms with Crippen LogP contribution < -0.4 is 0 Å². The van der Waals surface area contributed by atoms with E-state index in [0.717, 1.165) is 0 Å². The smallest absolute Gasteiger partial charge is 0.310 e. The zero-order chi connectivity index (χ0) is 10.9. The van der Waals surface area contributed by atoms with Gasteiger partial charge >= 0.3 is 5.97 Å². The maximum absolute atomic E-state index is 13.3. The van der Waals surface area contributed by atoms with Crippen molar-refractivity contribution in [1.29, 1.82) is 0 Å². The van der Waals surface area contributed by atoms with Crippen LogP contribution in [0.3, 0.4) is 0 Å². The minimum absolute atomic E-state index is 0.00791. The fraction of sp³-hybridized carbons (Fsp3) is 0.222. The van der Waals surface area contributed by atoms with E-state index in [4.69, 9.17) is 16.7 Å². The molecule has 0 aliphatic carbocycles. The zero-order valence-corrected chi connectivity index (χ0v) is 9.56. The first-order valence-electron chi connectivity index (χ1n) is 3.81. The molecule has 1 aromatic carbocycles. The summed E-state index contributed by atoms with van der Waals surface area (Å²) in [6, 6.07) is 2.63. The highest BCUT2D eigenvalue weighted by molar-refractivity contribution is 9.10. The molecule has 76 valence electrons. The van der Waals surface area contributed by atoms with E-state index >= 15 is 0 Å². The fourth-order valence-electron chi connectivity index (χ4n) is 1.06. The van der Waals surface area contributed by atoms with Gasteiger partial charge in [-0.2, -0.15) is 0 Å². The zero-order valence-electron chi connectivity index (χ0n) is 7.22. The summed E-state index contributed by atoms with van der Waals surface area (Å²) < 4.78 is 13.8. The summed E-state index contributed by atoms with van der Waals surface area (Å²) in [6.45, 7) is 1.39. The predicted molar refractivity (Wildman–Crippen MR) is 55.2 cm³/mol. The summed E-state index contributed by atoms with van der Waals surface area (Å²) in [7, 11) is 0. The van der Waals surface area contributed by atoms with Crippen LogP contribution in [0.15, 0.2) is 16.6 Å². The SMILES string of the molecule is CC(C(=O)O)c1c(F)ccc(Br)c1Cl. The second kappa shape index (κ2) is 4.28. The molecular weight excluding hydrogens is 274 g/mol. The van der Waals surface area contributed by atoms with Crippen molar-refractivity contribution >= 4 is 33.5 Å². The summed E-state index contributed by atoms with van der Waals surface area (Å²) in [5, 5.41) is 8.85. The van der Waals surface area contributed by atoms with Crippen molar-refractivity contribution < 1.29 is 14.3 Å². The Bertz CT molecular complexity index is 381. The van der Waals surface area contributed by atoms with E-state index in [1.807, 2.05) is 0 Å². The number of carboxylic acid groups (broad SMARTS) is 1. The Kier molecular flexibility index (Phi) is 3.50.